The van der Waals surface area contributed by atoms with Crippen LogP contribution in [0.5, 0.6) is 0 Å². The Morgan fingerprint density at radius 2 is 1.38 bits per heavy atom. The van der Waals surface area contributed by atoms with Crippen LogP contribution in [0.4, 0.5) is 0 Å². The van der Waals surface area contributed by atoms with Gasteiger partial charge >= 0.3 is 5.97 Å². The fourth-order valence-electron chi connectivity index (χ4n) is 2.87. The van der Waals surface area contributed by atoms with E-state index >= 15 is 0 Å². The van der Waals surface area contributed by atoms with E-state index in [1.54, 1.807) is 0 Å². The van der Waals surface area contributed by atoms with Crippen LogP contribution in [0.1, 0.15) is 65.7 Å². The van der Waals surface area contributed by atoms with Crippen molar-refractivity contribution in [2.75, 3.05) is 19.8 Å². The molecule has 1 unspecified atom stereocenters. The van der Waals surface area contributed by atoms with Crippen LogP contribution in [0.15, 0.2) is 0 Å². The second kappa shape index (κ2) is 8.71. The van der Waals surface area contributed by atoms with E-state index in [-0.39, 0.29) is 0 Å². The molecule has 0 aromatic carbocycles. The lowest BCUT2D eigenvalue weighted by molar-refractivity contribution is -0.338. The molecule has 1 fully saturated rings. The molecule has 1 aliphatic rings. The maximum Gasteiger partial charge on any atom is 0.341 e. The van der Waals surface area contributed by atoms with Crippen LogP contribution in [0.25, 0.3) is 0 Å². The third-order valence-electron chi connectivity index (χ3n) is 3.88. The lowest BCUT2D eigenvalue weighted by atomic mass is 9.78. The first-order valence-corrected chi connectivity index (χ1v) is 8.23. The highest BCUT2D eigenvalue weighted by molar-refractivity contribution is 5.79. The highest BCUT2D eigenvalue weighted by Crippen LogP contribution is 2.44. The molecule has 1 aliphatic carbocycles. The monoisotopic (exact) mass is 302 g/mol. The zero-order valence-electron chi connectivity index (χ0n) is 13.7. The predicted octanol–water partition coefficient (Wildman–Crippen LogP) is 3.36. The first-order chi connectivity index (χ1) is 10.1. The van der Waals surface area contributed by atoms with Crippen LogP contribution in [-0.4, -0.2) is 42.3 Å². The summed E-state index contributed by atoms with van der Waals surface area (Å²) >= 11 is 0. The average molecular weight is 302 g/mol. The van der Waals surface area contributed by atoms with E-state index in [9.17, 15) is 9.90 Å². The maximum atomic E-state index is 12.0. The second-order valence-corrected chi connectivity index (χ2v) is 5.64. The molecule has 1 saturated carbocycles. The normalized spacial score (nSPS) is 24.9. The molecule has 0 amide bonds. The topological polar surface area (TPSA) is 65.0 Å². The van der Waals surface area contributed by atoms with Gasteiger partial charge in [-0.1, -0.05) is 20.8 Å². The van der Waals surface area contributed by atoms with Crippen LogP contribution in [0, 0.1) is 0 Å². The molecule has 124 valence electrons. The van der Waals surface area contributed by atoms with Gasteiger partial charge in [0, 0.05) is 26.2 Å². The molecule has 0 saturated heterocycles. The fraction of sp³-hybridized carbons (Fsp3) is 0.938. The summed E-state index contributed by atoms with van der Waals surface area (Å²) in [5.41, 5.74) is -1.38. The minimum Gasteiger partial charge on any atom is -0.479 e. The van der Waals surface area contributed by atoms with Crippen LogP contribution in [0.2, 0.25) is 0 Å². The van der Waals surface area contributed by atoms with E-state index in [0.29, 0.717) is 32.7 Å². The van der Waals surface area contributed by atoms with Gasteiger partial charge in [0.1, 0.15) is 0 Å². The molecular weight excluding hydrogens is 272 g/mol. The van der Waals surface area contributed by atoms with Crippen molar-refractivity contribution in [1.82, 2.24) is 0 Å². The smallest absolute Gasteiger partial charge is 0.341 e. The first-order valence-electron chi connectivity index (χ1n) is 8.23. The van der Waals surface area contributed by atoms with Gasteiger partial charge in [0.05, 0.1) is 0 Å². The van der Waals surface area contributed by atoms with E-state index in [1.165, 1.54) is 0 Å². The number of carbonyl (C=O) groups is 1. The second-order valence-electron chi connectivity index (χ2n) is 5.64. The van der Waals surface area contributed by atoms with E-state index in [2.05, 4.69) is 0 Å². The van der Waals surface area contributed by atoms with Crippen molar-refractivity contribution in [2.45, 2.75) is 77.1 Å². The third-order valence-corrected chi connectivity index (χ3v) is 3.88. The van der Waals surface area contributed by atoms with Gasteiger partial charge in [0.15, 0.2) is 0 Å². The number of carboxylic acid groups (broad SMARTS) is 1. The Hall–Kier alpha value is -0.650. The van der Waals surface area contributed by atoms with Gasteiger partial charge in [-0.05, 0) is 38.5 Å². The molecule has 0 radical (unpaired) electrons. The Balaban J connectivity index is 3.11. The maximum absolute atomic E-state index is 12.0. The SMILES string of the molecule is CCCOC1(OCCC)CCCCC1(OCCC)C(=O)O. The zero-order valence-corrected chi connectivity index (χ0v) is 13.7. The molecule has 0 heterocycles. The van der Waals surface area contributed by atoms with Gasteiger partial charge in [-0.2, -0.15) is 0 Å². The van der Waals surface area contributed by atoms with Gasteiger partial charge in [0.2, 0.25) is 11.4 Å². The Kier molecular flexibility index (Phi) is 7.63. The average Bonchev–Trinajstić information content (AvgIpc) is 2.49. The van der Waals surface area contributed by atoms with Crippen LogP contribution < -0.4 is 0 Å². The van der Waals surface area contributed by atoms with Crippen LogP contribution >= 0.6 is 0 Å². The highest BCUT2D eigenvalue weighted by atomic mass is 16.7. The number of carboxylic acids is 1. The van der Waals surface area contributed by atoms with Gasteiger partial charge in [0.25, 0.3) is 0 Å². The largest absolute Gasteiger partial charge is 0.479 e. The molecule has 0 aliphatic heterocycles. The van der Waals surface area contributed by atoms with Crippen molar-refractivity contribution < 1.29 is 24.1 Å². The first kappa shape index (κ1) is 18.4. The molecular formula is C16H30O5. The molecule has 0 spiro atoms. The molecule has 1 atom stereocenters. The number of aliphatic carboxylic acids is 1. The quantitative estimate of drug-likeness (QED) is 0.627. The molecule has 0 aromatic heterocycles. The summed E-state index contributed by atoms with van der Waals surface area (Å²) < 4.78 is 17.8. The van der Waals surface area contributed by atoms with E-state index in [4.69, 9.17) is 14.2 Å². The Bertz CT molecular complexity index is 310. The van der Waals surface area contributed by atoms with Gasteiger partial charge in [-0.3, -0.25) is 0 Å². The zero-order chi connectivity index (χ0) is 15.8. The van der Waals surface area contributed by atoms with Crippen molar-refractivity contribution in [1.29, 1.82) is 0 Å². The fourth-order valence-corrected chi connectivity index (χ4v) is 2.87. The minimum absolute atomic E-state index is 0.402. The number of rotatable bonds is 10. The summed E-state index contributed by atoms with van der Waals surface area (Å²) in [6.07, 6.45) is 5.15. The molecule has 1 rings (SSSR count). The molecule has 5 heteroatoms. The minimum atomic E-state index is -1.38. The Morgan fingerprint density at radius 1 is 0.905 bits per heavy atom. The van der Waals surface area contributed by atoms with Crippen molar-refractivity contribution in [3.05, 3.63) is 0 Å². The van der Waals surface area contributed by atoms with Crippen LogP contribution in [0.3, 0.4) is 0 Å². The third kappa shape index (κ3) is 3.96. The molecule has 0 aromatic rings. The number of ether oxygens (including phenoxy) is 3. The summed E-state index contributed by atoms with van der Waals surface area (Å²) in [6, 6.07) is 0. The van der Waals surface area contributed by atoms with E-state index < -0.39 is 17.4 Å². The highest BCUT2D eigenvalue weighted by Gasteiger charge is 2.61. The van der Waals surface area contributed by atoms with Crippen molar-refractivity contribution in [3.8, 4) is 0 Å². The Labute approximate surface area is 128 Å². The summed E-state index contributed by atoms with van der Waals surface area (Å²) in [6.45, 7) is 7.35. The molecule has 5 nitrogen and oxygen atoms in total. The lowest BCUT2D eigenvalue weighted by Crippen LogP contribution is -2.65. The summed E-state index contributed by atoms with van der Waals surface area (Å²) in [5.74, 6) is -2.12. The van der Waals surface area contributed by atoms with Crippen molar-refractivity contribution in [2.24, 2.45) is 0 Å². The van der Waals surface area contributed by atoms with Crippen molar-refractivity contribution >= 4 is 5.97 Å². The van der Waals surface area contributed by atoms with Gasteiger partial charge in [-0.25, -0.2) is 4.79 Å². The van der Waals surface area contributed by atoms with Gasteiger partial charge in [-0.15, -0.1) is 0 Å². The van der Waals surface area contributed by atoms with Crippen molar-refractivity contribution in [3.63, 3.8) is 0 Å². The summed E-state index contributed by atoms with van der Waals surface area (Å²) in [7, 11) is 0. The molecule has 21 heavy (non-hydrogen) atoms. The predicted molar refractivity (Wildman–Crippen MR) is 80.3 cm³/mol. The Morgan fingerprint density at radius 3 is 1.86 bits per heavy atom. The van der Waals surface area contributed by atoms with Crippen LogP contribution in [-0.2, 0) is 19.0 Å². The summed E-state index contributed by atoms with van der Waals surface area (Å²) in [4.78, 5) is 12.0. The van der Waals surface area contributed by atoms with E-state index in [1.807, 2.05) is 20.8 Å². The molecule has 1 N–H and O–H groups in total. The molecule has 0 bridgehead atoms. The van der Waals surface area contributed by atoms with Gasteiger partial charge < -0.3 is 19.3 Å². The summed E-state index contributed by atoms with van der Waals surface area (Å²) in [5, 5.41) is 9.86. The lowest BCUT2D eigenvalue weighted by Gasteiger charge is -2.49. The van der Waals surface area contributed by atoms with E-state index in [0.717, 1.165) is 32.1 Å². The number of hydrogen-bond donors (Lipinski definition) is 1. The number of hydrogen-bond acceptors (Lipinski definition) is 4. The standard InChI is InChI=1S/C16H30O5/c1-4-11-19-15(14(17)18)9-7-8-10-16(15,20-12-5-2)21-13-6-3/h4-13H2,1-3H3,(H,17,18).